The number of benzene rings is 6. The summed E-state index contributed by atoms with van der Waals surface area (Å²) in [6.07, 6.45) is 0. The van der Waals surface area contributed by atoms with Crippen LogP contribution in [0.1, 0.15) is 0 Å². The Balaban J connectivity index is 1.42. The minimum absolute atomic E-state index is 0.815. The average Bonchev–Trinajstić information content (AvgIpc) is 3.72. The van der Waals surface area contributed by atoms with Gasteiger partial charge >= 0.3 is 0 Å². The third-order valence-electron chi connectivity index (χ3n) is 8.60. The Kier molecular flexibility index (Phi) is 4.57. The minimum Gasteiger partial charge on any atom is -0.456 e. The van der Waals surface area contributed by atoms with Gasteiger partial charge in [-0.1, -0.05) is 91.0 Å². The van der Waals surface area contributed by atoms with Crippen LogP contribution in [0.3, 0.4) is 0 Å². The molecule has 0 aliphatic heterocycles. The van der Waals surface area contributed by atoms with Crippen LogP contribution in [0, 0.1) is 0 Å². The SMILES string of the molecule is c1ccc2cc3c(cc2c1)c1ccccc1n3-c1nc2c(nc1-c1cccc3oc4ccccc4c13)sc1ccccc12. The second-order valence-electron chi connectivity index (χ2n) is 11.0. The summed E-state index contributed by atoms with van der Waals surface area (Å²) >= 11 is 1.69. The van der Waals surface area contributed by atoms with Crippen molar-refractivity contribution >= 4 is 86.3 Å². The molecule has 5 heteroatoms. The van der Waals surface area contributed by atoms with Crippen LogP contribution in [0.25, 0.3) is 92.0 Å². The van der Waals surface area contributed by atoms with E-state index in [1.807, 2.05) is 18.2 Å². The molecule has 0 atom stereocenters. The van der Waals surface area contributed by atoms with Gasteiger partial charge in [0.25, 0.3) is 0 Å². The third kappa shape index (κ3) is 3.20. The van der Waals surface area contributed by atoms with E-state index in [4.69, 9.17) is 14.4 Å². The Morgan fingerprint density at radius 1 is 0.558 bits per heavy atom. The number of fused-ring (bicyclic) bond motifs is 10. The standard InChI is InChI=1S/C38H21N3OS/c1-2-11-23-21-30-28(20-22(23)10-1)24-12-3-6-16-29(24)41(30)37-35(40-38-36(39-37)26-14-5-8-19-33(26)43-38)27-15-9-18-32-34(27)25-13-4-7-17-31(25)42-32/h1-21H. The molecule has 0 radical (unpaired) electrons. The molecule has 0 saturated carbocycles. The number of aromatic nitrogens is 3. The van der Waals surface area contributed by atoms with Crippen LogP contribution >= 0.6 is 11.3 Å². The molecule has 4 heterocycles. The van der Waals surface area contributed by atoms with E-state index in [0.717, 1.165) is 65.8 Å². The first kappa shape index (κ1) is 23.1. The molecule has 10 rings (SSSR count). The predicted octanol–water partition coefficient (Wildman–Crippen LogP) is 10.7. The van der Waals surface area contributed by atoms with Gasteiger partial charge in [-0.05, 0) is 47.2 Å². The molecule has 0 unspecified atom stereocenters. The molecule has 200 valence electrons. The number of thiophene rings is 1. The Morgan fingerprint density at radius 3 is 2.19 bits per heavy atom. The van der Waals surface area contributed by atoms with Gasteiger partial charge in [0.2, 0.25) is 0 Å². The van der Waals surface area contributed by atoms with Crippen LogP contribution in [0.2, 0.25) is 0 Å². The molecule has 6 aromatic carbocycles. The van der Waals surface area contributed by atoms with Crippen LogP contribution in [-0.4, -0.2) is 14.5 Å². The van der Waals surface area contributed by atoms with Crippen molar-refractivity contribution in [3.05, 3.63) is 127 Å². The van der Waals surface area contributed by atoms with Gasteiger partial charge in [-0.25, -0.2) is 9.97 Å². The fourth-order valence-electron chi connectivity index (χ4n) is 6.71. The summed E-state index contributed by atoms with van der Waals surface area (Å²) in [6.45, 7) is 0. The van der Waals surface area contributed by atoms with Crippen molar-refractivity contribution in [1.82, 2.24) is 14.5 Å². The lowest BCUT2D eigenvalue weighted by atomic mass is 10.0. The summed E-state index contributed by atoms with van der Waals surface area (Å²) in [5.74, 6) is 0.815. The fourth-order valence-corrected chi connectivity index (χ4v) is 7.72. The summed E-state index contributed by atoms with van der Waals surface area (Å²) in [7, 11) is 0. The molecule has 0 N–H and O–H groups in total. The maximum absolute atomic E-state index is 6.32. The zero-order chi connectivity index (χ0) is 28.1. The normalized spacial score (nSPS) is 12.2. The highest BCUT2D eigenvalue weighted by molar-refractivity contribution is 7.25. The topological polar surface area (TPSA) is 43.9 Å². The number of rotatable bonds is 2. The van der Waals surface area contributed by atoms with E-state index in [0.29, 0.717) is 0 Å². The quantitative estimate of drug-likeness (QED) is 0.209. The first-order chi connectivity index (χ1) is 21.3. The molecule has 4 nitrogen and oxygen atoms in total. The van der Waals surface area contributed by atoms with Crippen molar-refractivity contribution in [2.24, 2.45) is 0 Å². The van der Waals surface area contributed by atoms with Gasteiger partial charge in [-0.3, -0.25) is 4.57 Å². The van der Waals surface area contributed by atoms with E-state index in [9.17, 15) is 0 Å². The lowest BCUT2D eigenvalue weighted by molar-refractivity contribution is 0.669. The summed E-state index contributed by atoms with van der Waals surface area (Å²) < 4.78 is 9.81. The molecule has 0 bridgehead atoms. The minimum atomic E-state index is 0.815. The van der Waals surface area contributed by atoms with Crippen molar-refractivity contribution in [1.29, 1.82) is 0 Å². The van der Waals surface area contributed by atoms with Crippen molar-refractivity contribution in [2.45, 2.75) is 0 Å². The van der Waals surface area contributed by atoms with Gasteiger partial charge in [0.15, 0.2) is 5.82 Å². The van der Waals surface area contributed by atoms with Crippen molar-refractivity contribution in [3.63, 3.8) is 0 Å². The molecule has 0 spiro atoms. The van der Waals surface area contributed by atoms with E-state index < -0.39 is 0 Å². The lowest BCUT2D eigenvalue weighted by Crippen LogP contribution is -2.03. The first-order valence-electron chi connectivity index (χ1n) is 14.3. The number of hydrogen-bond acceptors (Lipinski definition) is 4. The van der Waals surface area contributed by atoms with Crippen molar-refractivity contribution < 1.29 is 4.42 Å². The van der Waals surface area contributed by atoms with Crippen molar-refractivity contribution in [2.75, 3.05) is 0 Å². The summed E-state index contributed by atoms with van der Waals surface area (Å²) in [6, 6.07) is 44.7. The van der Waals surface area contributed by atoms with E-state index in [1.165, 1.54) is 26.2 Å². The Hall–Kier alpha value is -5.52. The number of hydrogen-bond donors (Lipinski definition) is 0. The second kappa shape index (κ2) is 8.51. The van der Waals surface area contributed by atoms with Crippen LogP contribution in [0.5, 0.6) is 0 Å². The molecular weight excluding hydrogens is 547 g/mol. The van der Waals surface area contributed by atoms with Crippen LogP contribution in [0.4, 0.5) is 0 Å². The zero-order valence-electron chi connectivity index (χ0n) is 22.8. The smallest absolute Gasteiger partial charge is 0.165 e. The summed E-state index contributed by atoms with van der Waals surface area (Å²) in [5, 5.41) is 8.06. The Labute approximate surface area is 249 Å². The fraction of sp³-hybridized carbons (Fsp3) is 0. The summed E-state index contributed by atoms with van der Waals surface area (Å²) in [5.41, 5.74) is 6.70. The monoisotopic (exact) mass is 567 g/mol. The predicted molar refractivity (Wildman–Crippen MR) is 179 cm³/mol. The molecule has 10 aromatic rings. The summed E-state index contributed by atoms with van der Waals surface area (Å²) in [4.78, 5) is 11.9. The van der Waals surface area contributed by atoms with Gasteiger partial charge in [0, 0.05) is 37.2 Å². The number of para-hydroxylation sites is 2. The van der Waals surface area contributed by atoms with Gasteiger partial charge in [-0.15, -0.1) is 11.3 Å². The number of furan rings is 1. The van der Waals surface area contributed by atoms with Gasteiger partial charge in [0.1, 0.15) is 27.2 Å². The van der Waals surface area contributed by atoms with Crippen LogP contribution in [-0.2, 0) is 0 Å². The molecule has 0 fully saturated rings. The molecular formula is C38H21N3OS. The molecule has 4 aromatic heterocycles. The Morgan fingerprint density at radius 2 is 1.28 bits per heavy atom. The maximum atomic E-state index is 6.32. The number of nitrogens with zero attached hydrogens (tertiary/aromatic N) is 3. The van der Waals surface area contributed by atoms with Gasteiger partial charge in [0.05, 0.1) is 11.0 Å². The molecule has 43 heavy (non-hydrogen) atoms. The third-order valence-corrected chi connectivity index (χ3v) is 9.66. The highest BCUT2D eigenvalue weighted by atomic mass is 32.1. The van der Waals surface area contributed by atoms with E-state index in [2.05, 4.69) is 114 Å². The van der Waals surface area contributed by atoms with Crippen LogP contribution < -0.4 is 0 Å². The van der Waals surface area contributed by atoms with E-state index >= 15 is 0 Å². The average molecular weight is 568 g/mol. The first-order valence-corrected chi connectivity index (χ1v) is 15.2. The molecule has 0 aliphatic rings. The molecule has 0 saturated heterocycles. The zero-order valence-corrected chi connectivity index (χ0v) is 23.6. The second-order valence-corrected chi connectivity index (χ2v) is 12.0. The van der Waals surface area contributed by atoms with Crippen molar-refractivity contribution in [3.8, 4) is 17.1 Å². The highest BCUT2D eigenvalue weighted by Crippen LogP contribution is 2.43. The van der Waals surface area contributed by atoms with E-state index in [1.54, 1.807) is 11.3 Å². The van der Waals surface area contributed by atoms with Gasteiger partial charge in [-0.2, -0.15) is 0 Å². The lowest BCUT2D eigenvalue weighted by Gasteiger charge is -2.14. The maximum Gasteiger partial charge on any atom is 0.165 e. The van der Waals surface area contributed by atoms with E-state index in [-0.39, 0.29) is 0 Å². The molecule has 0 aliphatic carbocycles. The Bertz CT molecular complexity index is 2750. The van der Waals surface area contributed by atoms with Crippen LogP contribution in [0.15, 0.2) is 132 Å². The highest BCUT2D eigenvalue weighted by Gasteiger charge is 2.23. The molecule has 0 amide bonds. The largest absolute Gasteiger partial charge is 0.456 e. The van der Waals surface area contributed by atoms with Gasteiger partial charge < -0.3 is 4.42 Å².